The summed E-state index contributed by atoms with van der Waals surface area (Å²) in [5, 5.41) is 1.83. The van der Waals surface area contributed by atoms with E-state index in [1.165, 1.54) is 0 Å². The minimum atomic E-state index is -3.68. The quantitative estimate of drug-likeness (QED) is 0.884. The Morgan fingerprint density at radius 1 is 1.24 bits per heavy atom. The summed E-state index contributed by atoms with van der Waals surface area (Å²) in [5.74, 6) is 0.952. The van der Waals surface area contributed by atoms with Gasteiger partial charge in [0.1, 0.15) is 16.4 Å². The van der Waals surface area contributed by atoms with E-state index in [0.717, 1.165) is 19.3 Å². The number of sulfonamides is 1. The Labute approximate surface area is 126 Å². The molecule has 1 fully saturated rings. The van der Waals surface area contributed by atoms with E-state index in [1.54, 1.807) is 13.8 Å². The molecule has 1 aliphatic heterocycles. The van der Waals surface area contributed by atoms with E-state index in [9.17, 15) is 8.42 Å². The average Bonchev–Trinajstić information content (AvgIpc) is 2.69. The highest BCUT2D eigenvalue weighted by atomic mass is 32.2. The number of furan rings is 1. The zero-order chi connectivity index (χ0) is 15.8. The zero-order valence-electron chi connectivity index (χ0n) is 13.1. The molecule has 1 aromatic heterocycles. The summed E-state index contributed by atoms with van der Waals surface area (Å²) in [6.45, 7) is 7.61. The summed E-state index contributed by atoms with van der Waals surface area (Å²) in [7, 11) is -3.68. The molecule has 21 heavy (non-hydrogen) atoms. The van der Waals surface area contributed by atoms with Gasteiger partial charge in [0.25, 0.3) is 10.0 Å². The molecule has 1 aliphatic rings. The first-order valence-corrected chi connectivity index (χ1v) is 8.86. The molecule has 0 amide bonds. The van der Waals surface area contributed by atoms with E-state index in [1.807, 2.05) is 18.9 Å². The minimum absolute atomic E-state index is 0.143. The summed E-state index contributed by atoms with van der Waals surface area (Å²) >= 11 is 0. The van der Waals surface area contributed by atoms with Gasteiger partial charge in [0.15, 0.2) is 0 Å². The number of aryl methyl sites for hydroxylation is 2. The van der Waals surface area contributed by atoms with Crippen molar-refractivity contribution in [3.63, 3.8) is 0 Å². The lowest BCUT2D eigenvalue weighted by Crippen LogP contribution is -2.54. The van der Waals surface area contributed by atoms with E-state index < -0.39 is 10.0 Å². The molecule has 7 heteroatoms. The van der Waals surface area contributed by atoms with Crippen LogP contribution < -0.4 is 10.6 Å². The van der Waals surface area contributed by atoms with Crippen molar-refractivity contribution in [3.05, 3.63) is 17.1 Å². The molecule has 0 spiro atoms. The maximum Gasteiger partial charge on any atom is 0.257 e. The highest BCUT2D eigenvalue weighted by molar-refractivity contribution is 7.89. The van der Waals surface area contributed by atoms with Crippen molar-refractivity contribution < 1.29 is 12.8 Å². The fourth-order valence-electron chi connectivity index (χ4n) is 3.08. The van der Waals surface area contributed by atoms with Crippen LogP contribution in [-0.4, -0.2) is 25.5 Å². The Balaban J connectivity index is 2.34. The van der Waals surface area contributed by atoms with Crippen LogP contribution in [0.2, 0.25) is 0 Å². The number of piperidine rings is 1. The zero-order valence-corrected chi connectivity index (χ0v) is 14.0. The van der Waals surface area contributed by atoms with E-state index >= 15 is 0 Å². The molecule has 1 saturated heterocycles. The fourth-order valence-corrected chi connectivity index (χ4v) is 4.78. The first kappa shape index (κ1) is 16.5. The molecule has 0 bridgehead atoms. The number of hydrogen-bond donors (Lipinski definition) is 2. The Morgan fingerprint density at radius 2 is 1.81 bits per heavy atom. The van der Waals surface area contributed by atoms with Gasteiger partial charge in [-0.05, 0) is 40.5 Å². The second-order valence-corrected chi connectivity index (χ2v) is 7.45. The Morgan fingerprint density at radius 3 is 2.33 bits per heavy atom. The van der Waals surface area contributed by atoms with Crippen LogP contribution in [-0.2, 0) is 16.6 Å². The number of nitrogens with two attached hydrogens (primary N) is 1. The minimum Gasteiger partial charge on any atom is -0.465 e. The van der Waals surface area contributed by atoms with Crippen LogP contribution in [0, 0.1) is 13.8 Å². The summed E-state index contributed by atoms with van der Waals surface area (Å²) < 4.78 is 30.9. The van der Waals surface area contributed by atoms with Gasteiger partial charge in [0.2, 0.25) is 0 Å². The molecule has 0 aromatic carbocycles. The van der Waals surface area contributed by atoms with Crippen LogP contribution in [0.3, 0.4) is 0 Å². The molecule has 0 aliphatic carbocycles. The Bertz CT molecular complexity index is 599. The molecule has 6 nitrogen and oxygen atoms in total. The van der Waals surface area contributed by atoms with Crippen LogP contribution in [0.5, 0.6) is 0 Å². The maximum atomic E-state index is 12.7. The second-order valence-electron chi connectivity index (χ2n) is 5.86. The van der Waals surface area contributed by atoms with Gasteiger partial charge in [0, 0.05) is 24.2 Å². The molecule has 0 saturated carbocycles. The predicted octanol–water partition coefficient (Wildman–Crippen LogP) is 1.81. The second kappa shape index (κ2) is 6.08. The summed E-state index contributed by atoms with van der Waals surface area (Å²) in [5.41, 5.74) is 6.24. The average molecular weight is 315 g/mol. The van der Waals surface area contributed by atoms with Gasteiger partial charge in [-0.25, -0.2) is 13.4 Å². The summed E-state index contributed by atoms with van der Waals surface area (Å²) in [4.78, 5) is 2.92. The number of nitrogens with zero attached hydrogens (tertiary/aromatic N) is 1. The molecule has 2 heterocycles. The first-order valence-electron chi connectivity index (χ1n) is 7.37. The predicted molar refractivity (Wildman–Crippen MR) is 81.0 cm³/mol. The van der Waals surface area contributed by atoms with Crippen molar-refractivity contribution >= 4 is 10.0 Å². The van der Waals surface area contributed by atoms with Gasteiger partial charge in [-0.15, -0.1) is 4.83 Å². The normalized spacial score (nSPS) is 24.4. The molecule has 2 rings (SSSR count). The van der Waals surface area contributed by atoms with Crippen molar-refractivity contribution in [2.24, 2.45) is 5.73 Å². The van der Waals surface area contributed by atoms with E-state index in [-0.39, 0.29) is 23.5 Å². The molecule has 3 N–H and O–H groups in total. The van der Waals surface area contributed by atoms with Crippen molar-refractivity contribution in [1.82, 2.24) is 9.84 Å². The van der Waals surface area contributed by atoms with Crippen molar-refractivity contribution in [3.8, 4) is 0 Å². The molecule has 120 valence electrons. The molecule has 1 aromatic rings. The van der Waals surface area contributed by atoms with E-state index in [4.69, 9.17) is 10.2 Å². The number of hydrazine groups is 1. The highest BCUT2D eigenvalue weighted by Crippen LogP contribution is 2.28. The Kier molecular flexibility index (Phi) is 4.77. The van der Waals surface area contributed by atoms with Crippen LogP contribution in [0.4, 0.5) is 0 Å². The van der Waals surface area contributed by atoms with Gasteiger partial charge >= 0.3 is 0 Å². The van der Waals surface area contributed by atoms with Gasteiger partial charge in [0.05, 0.1) is 0 Å². The standard InChI is InChI=1S/C14H25N3O3S/c1-9-6-5-7-10(2)17(9)16-21(18,19)14-12(4)20-11(3)13(14)8-15/h9-10,16H,5-8,15H2,1-4H3. The lowest BCUT2D eigenvalue weighted by Gasteiger charge is -2.38. The van der Waals surface area contributed by atoms with Crippen LogP contribution >= 0.6 is 0 Å². The number of hydrogen-bond acceptors (Lipinski definition) is 5. The topological polar surface area (TPSA) is 88.6 Å². The highest BCUT2D eigenvalue weighted by Gasteiger charge is 2.32. The lowest BCUT2D eigenvalue weighted by molar-refractivity contribution is 0.0790. The molecule has 0 radical (unpaired) electrons. The van der Waals surface area contributed by atoms with Crippen LogP contribution in [0.25, 0.3) is 0 Å². The molecular weight excluding hydrogens is 290 g/mol. The van der Waals surface area contributed by atoms with Crippen LogP contribution in [0.15, 0.2) is 9.31 Å². The smallest absolute Gasteiger partial charge is 0.257 e. The van der Waals surface area contributed by atoms with E-state index in [2.05, 4.69) is 4.83 Å². The summed E-state index contributed by atoms with van der Waals surface area (Å²) in [6, 6.07) is 0.358. The largest absolute Gasteiger partial charge is 0.465 e. The van der Waals surface area contributed by atoms with Crippen LogP contribution in [0.1, 0.15) is 50.2 Å². The van der Waals surface area contributed by atoms with Gasteiger partial charge in [-0.3, -0.25) is 0 Å². The molecule has 2 unspecified atom stereocenters. The monoisotopic (exact) mass is 315 g/mol. The SMILES string of the molecule is Cc1oc(C)c(S(=O)(=O)NN2C(C)CCCC2C)c1CN. The van der Waals surface area contributed by atoms with E-state index in [0.29, 0.717) is 17.1 Å². The van der Waals surface area contributed by atoms with Gasteiger partial charge < -0.3 is 10.2 Å². The summed E-state index contributed by atoms with van der Waals surface area (Å²) in [6.07, 6.45) is 3.10. The van der Waals surface area contributed by atoms with Gasteiger partial charge in [-0.2, -0.15) is 0 Å². The third-order valence-electron chi connectivity index (χ3n) is 4.22. The van der Waals surface area contributed by atoms with Crippen molar-refractivity contribution in [2.75, 3.05) is 0 Å². The number of rotatable bonds is 4. The van der Waals surface area contributed by atoms with Crippen molar-refractivity contribution in [1.29, 1.82) is 0 Å². The number of nitrogens with one attached hydrogen (secondary N) is 1. The fraction of sp³-hybridized carbons (Fsp3) is 0.714. The molecule has 2 atom stereocenters. The molecular formula is C14H25N3O3S. The first-order chi connectivity index (χ1) is 9.77. The maximum absolute atomic E-state index is 12.7. The van der Waals surface area contributed by atoms with Gasteiger partial charge in [-0.1, -0.05) is 6.42 Å². The lowest BCUT2D eigenvalue weighted by atomic mass is 10.0. The third-order valence-corrected chi connectivity index (χ3v) is 5.74. The van der Waals surface area contributed by atoms with Crippen molar-refractivity contribution in [2.45, 2.75) is 70.5 Å². The third kappa shape index (κ3) is 3.15. The Hall–Kier alpha value is -0.890.